The van der Waals surface area contributed by atoms with E-state index in [1.807, 2.05) is 11.6 Å². The number of nitrogens with zero attached hydrogens (tertiary/aromatic N) is 3. The molecule has 1 aromatic rings. The Morgan fingerprint density at radius 2 is 2.23 bits per heavy atom. The second-order valence-electron chi connectivity index (χ2n) is 6.64. The van der Waals surface area contributed by atoms with Crippen molar-refractivity contribution in [3.8, 4) is 0 Å². The zero-order valence-corrected chi connectivity index (χ0v) is 13.4. The highest BCUT2D eigenvalue weighted by atomic mass is 16.2. The first-order chi connectivity index (χ1) is 10.8. The van der Waals surface area contributed by atoms with E-state index in [1.165, 1.54) is 32.1 Å². The Labute approximate surface area is 132 Å². The van der Waals surface area contributed by atoms with Gasteiger partial charge in [0.2, 0.25) is 5.91 Å². The summed E-state index contributed by atoms with van der Waals surface area (Å²) in [5.41, 5.74) is 1.10. The molecule has 1 aliphatic carbocycles. The molecule has 2 fully saturated rings. The smallest absolute Gasteiger partial charge is 0.237 e. The third-order valence-corrected chi connectivity index (χ3v) is 4.93. The summed E-state index contributed by atoms with van der Waals surface area (Å²) in [4.78, 5) is 11.9. The Bertz CT molecular complexity index is 494. The van der Waals surface area contributed by atoms with Crippen LogP contribution in [0.4, 0.5) is 0 Å². The van der Waals surface area contributed by atoms with Crippen molar-refractivity contribution in [2.75, 3.05) is 13.1 Å². The molecule has 1 saturated heterocycles. The number of carbonyl (C=O) groups is 1. The zero-order chi connectivity index (χ0) is 15.4. The zero-order valence-electron chi connectivity index (χ0n) is 13.4. The summed E-state index contributed by atoms with van der Waals surface area (Å²) in [5, 5.41) is 14.8. The van der Waals surface area contributed by atoms with E-state index in [0.29, 0.717) is 6.54 Å². The number of hydrogen-bond donors (Lipinski definition) is 2. The topological polar surface area (TPSA) is 71.8 Å². The molecule has 0 radical (unpaired) electrons. The van der Waals surface area contributed by atoms with Crippen LogP contribution in [0.3, 0.4) is 0 Å². The maximum absolute atomic E-state index is 11.9. The fourth-order valence-electron chi connectivity index (χ4n) is 3.69. The lowest BCUT2D eigenvalue weighted by Crippen LogP contribution is -2.40. The molecule has 1 amide bonds. The number of hydrogen-bond acceptors (Lipinski definition) is 4. The van der Waals surface area contributed by atoms with Crippen LogP contribution < -0.4 is 10.6 Å². The summed E-state index contributed by atoms with van der Waals surface area (Å²) in [6.45, 7) is 3.41. The van der Waals surface area contributed by atoms with Gasteiger partial charge >= 0.3 is 0 Å². The van der Waals surface area contributed by atoms with Crippen LogP contribution in [0.1, 0.15) is 57.2 Å². The highest BCUT2D eigenvalue weighted by molar-refractivity contribution is 5.82. The van der Waals surface area contributed by atoms with Gasteiger partial charge in [-0.3, -0.25) is 4.79 Å². The van der Waals surface area contributed by atoms with Gasteiger partial charge in [0.25, 0.3) is 0 Å². The normalized spacial score (nSPS) is 26.2. The van der Waals surface area contributed by atoms with Gasteiger partial charge in [-0.1, -0.05) is 37.3 Å². The fraction of sp³-hybridized carbons (Fsp3) is 0.812. The molecule has 0 spiro atoms. The first kappa shape index (κ1) is 15.5. The maximum atomic E-state index is 11.9. The maximum Gasteiger partial charge on any atom is 0.237 e. The van der Waals surface area contributed by atoms with Crippen molar-refractivity contribution < 1.29 is 4.79 Å². The van der Waals surface area contributed by atoms with Crippen LogP contribution >= 0.6 is 0 Å². The van der Waals surface area contributed by atoms with Crippen LogP contribution in [0.2, 0.25) is 0 Å². The fourth-order valence-corrected chi connectivity index (χ4v) is 3.69. The lowest BCUT2D eigenvalue weighted by atomic mass is 9.86. The molecule has 0 aromatic carbocycles. The molecule has 22 heavy (non-hydrogen) atoms. The van der Waals surface area contributed by atoms with Crippen molar-refractivity contribution in [1.82, 2.24) is 25.6 Å². The van der Waals surface area contributed by atoms with Crippen LogP contribution in [0.25, 0.3) is 0 Å². The van der Waals surface area contributed by atoms with E-state index >= 15 is 0 Å². The minimum atomic E-state index is -0.101. The minimum absolute atomic E-state index is 0.0903. The number of amides is 1. The average molecular weight is 305 g/mol. The SMILES string of the molecule is CCNC(=O)[C@@H]1C[C@H](n2cc(CC3CCCCC3)nn2)CN1. The Hall–Kier alpha value is -1.43. The van der Waals surface area contributed by atoms with Gasteiger partial charge in [-0.25, -0.2) is 4.68 Å². The third-order valence-electron chi connectivity index (χ3n) is 4.93. The van der Waals surface area contributed by atoms with E-state index in [2.05, 4.69) is 27.1 Å². The van der Waals surface area contributed by atoms with Crippen LogP contribution in [-0.2, 0) is 11.2 Å². The summed E-state index contributed by atoms with van der Waals surface area (Å²) in [6, 6.07) is 0.135. The van der Waals surface area contributed by atoms with Crippen molar-refractivity contribution in [3.05, 3.63) is 11.9 Å². The Morgan fingerprint density at radius 1 is 1.41 bits per heavy atom. The van der Waals surface area contributed by atoms with Crippen LogP contribution in [0, 0.1) is 5.92 Å². The van der Waals surface area contributed by atoms with E-state index in [1.54, 1.807) is 0 Å². The molecule has 122 valence electrons. The summed E-state index contributed by atoms with van der Waals surface area (Å²) >= 11 is 0. The monoisotopic (exact) mass is 305 g/mol. The van der Waals surface area contributed by atoms with Gasteiger partial charge in [-0.05, 0) is 25.7 Å². The predicted molar refractivity (Wildman–Crippen MR) is 84.4 cm³/mol. The standard InChI is InChI=1S/C16H27N5O/c1-2-17-16(22)15-9-14(10-18-15)21-11-13(19-20-21)8-12-6-4-3-5-7-12/h11-12,14-15,18H,2-10H2,1H3,(H,17,22)/t14-,15-/m0/s1. The third kappa shape index (κ3) is 3.66. The lowest BCUT2D eigenvalue weighted by Gasteiger charge is -2.20. The molecule has 2 aliphatic rings. The van der Waals surface area contributed by atoms with Gasteiger partial charge in [0.1, 0.15) is 0 Å². The molecule has 0 unspecified atom stereocenters. The van der Waals surface area contributed by atoms with Gasteiger partial charge in [0, 0.05) is 19.3 Å². The quantitative estimate of drug-likeness (QED) is 0.863. The van der Waals surface area contributed by atoms with Gasteiger partial charge < -0.3 is 10.6 Å². The second kappa shape index (κ2) is 7.22. The number of rotatable bonds is 5. The van der Waals surface area contributed by atoms with Gasteiger partial charge in [-0.15, -0.1) is 5.10 Å². The number of likely N-dealkylation sites (N-methyl/N-ethyl adjacent to an activating group) is 1. The van der Waals surface area contributed by atoms with Crippen LogP contribution in [0.5, 0.6) is 0 Å². The molecule has 2 heterocycles. The van der Waals surface area contributed by atoms with Crippen molar-refractivity contribution in [2.45, 2.75) is 64.0 Å². The van der Waals surface area contributed by atoms with Crippen LogP contribution in [0.15, 0.2) is 6.20 Å². The number of carbonyl (C=O) groups excluding carboxylic acids is 1. The van der Waals surface area contributed by atoms with Crippen molar-refractivity contribution >= 4 is 5.91 Å². The Balaban J connectivity index is 1.54. The predicted octanol–water partition coefficient (Wildman–Crippen LogP) is 1.44. The molecule has 2 atom stereocenters. The summed E-state index contributed by atoms with van der Waals surface area (Å²) < 4.78 is 1.95. The van der Waals surface area contributed by atoms with E-state index in [9.17, 15) is 4.79 Å². The first-order valence-corrected chi connectivity index (χ1v) is 8.68. The molecule has 0 bridgehead atoms. The first-order valence-electron chi connectivity index (χ1n) is 8.68. The highest BCUT2D eigenvalue weighted by Gasteiger charge is 2.30. The molecule has 6 heteroatoms. The van der Waals surface area contributed by atoms with E-state index < -0.39 is 0 Å². The minimum Gasteiger partial charge on any atom is -0.355 e. The van der Waals surface area contributed by atoms with Gasteiger partial charge in [0.15, 0.2) is 0 Å². The summed E-state index contributed by atoms with van der Waals surface area (Å²) in [6.07, 6.45) is 10.7. The molecule has 1 saturated carbocycles. The van der Waals surface area contributed by atoms with E-state index in [0.717, 1.165) is 31.0 Å². The summed E-state index contributed by atoms with van der Waals surface area (Å²) in [7, 11) is 0. The summed E-state index contributed by atoms with van der Waals surface area (Å²) in [5.74, 6) is 0.872. The molecule has 1 aliphatic heterocycles. The average Bonchev–Trinajstić information content (AvgIpc) is 3.17. The Morgan fingerprint density at radius 3 is 3.00 bits per heavy atom. The van der Waals surface area contributed by atoms with Gasteiger partial charge in [-0.2, -0.15) is 0 Å². The van der Waals surface area contributed by atoms with E-state index in [-0.39, 0.29) is 18.0 Å². The number of aromatic nitrogens is 3. The molecule has 1 aromatic heterocycles. The molecule has 2 N–H and O–H groups in total. The largest absolute Gasteiger partial charge is 0.355 e. The van der Waals surface area contributed by atoms with E-state index in [4.69, 9.17) is 0 Å². The Kier molecular flexibility index (Phi) is 5.08. The van der Waals surface area contributed by atoms with Crippen molar-refractivity contribution in [1.29, 1.82) is 0 Å². The molecular formula is C16H27N5O. The molecule has 3 rings (SSSR count). The van der Waals surface area contributed by atoms with Gasteiger partial charge in [0.05, 0.1) is 17.8 Å². The highest BCUT2D eigenvalue weighted by Crippen LogP contribution is 2.26. The molecule has 6 nitrogen and oxygen atoms in total. The van der Waals surface area contributed by atoms with Crippen molar-refractivity contribution in [3.63, 3.8) is 0 Å². The number of nitrogens with one attached hydrogen (secondary N) is 2. The second-order valence-corrected chi connectivity index (χ2v) is 6.64. The van der Waals surface area contributed by atoms with Crippen molar-refractivity contribution in [2.24, 2.45) is 5.92 Å². The lowest BCUT2D eigenvalue weighted by molar-refractivity contribution is -0.122. The molecular weight excluding hydrogens is 278 g/mol. The van der Waals surface area contributed by atoms with Crippen LogP contribution in [-0.4, -0.2) is 40.0 Å².